The van der Waals surface area contributed by atoms with Gasteiger partial charge in [0.05, 0.1) is 0 Å². The predicted octanol–water partition coefficient (Wildman–Crippen LogP) is 1.05. The normalized spacial score (nSPS) is 12.7. The molecule has 0 amide bonds. The van der Waals surface area contributed by atoms with E-state index in [4.69, 9.17) is 10.6 Å². The van der Waals surface area contributed by atoms with E-state index in [1.807, 2.05) is 6.20 Å². The molecule has 0 fully saturated rings. The third kappa shape index (κ3) is 4.26. The molecule has 1 aromatic heterocycles. The van der Waals surface area contributed by atoms with Crippen molar-refractivity contribution < 1.29 is 4.74 Å². The zero-order valence-electron chi connectivity index (χ0n) is 10.1. The van der Waals surface area contributed by atoms with Gasteiger partial charge in [0.25, 0.3) is 0 Å². The minimum absolute atomic E-state index is 0.222. The van der Waals surface area contributed by atoms with Crippen LogP contribution in [-0.4, -0.2) is 24.7 Å². The number of nitrogens with one attached hydrogen (secondary N) is 1. The van der Waals surface area contributed by atoms with Crippen LogP contribution in [0.5, 0.6) is 0 Å². The summed E-state index contributed by atoms with van der Waals surface area (Å²) in [5.41, 5.74) is 5.12. The van der Waals surface area contributed by atoms with E-state index in [9.17, 15) is 0 Å². The van der Waals surface area contributed by atoms with Gasteiger partial charge in [0.2, 0.25) is 0 Å². The lowest BCUT2D eigenvalue weighted by molar-refractivity contribution is 0.182. The minimum Gasteiger partial charge on any atom is -0.385 e. The highest BCUT2D eigenvalue weighted by Gasteiger charge is 2.08. The van der Waals surface area contributed by atoms with E-state index >= 15 is 0 Å². The number of nitrogens with zero attached hydrogens (tertiary/aromatic N) is 1. The lowest BCUT2D eigenvalue weighted by Crippen LogP contribution is -2.37. The zero-order chi connectivity index (χ0) is 11.8. The third-order valence-corrected chi connectivity index (χ3v) is 2.66. The van der Waals surface area contributed by atoms with Gasteiger partial charge >= 0.3 is 0 Å². The van der Waals surface area contributed by atoms with Gasteiger partial charge < -0.3 is 4.74 Å². The molecular formula is C12H21N3O. The van der Waals surface area contributed by atoms with Crippen molar-refractivity contribution in [3.63, 3.8) is 0 Å². The number of hydrogen-bond acceptors (Lipinski definition) is 4. The number of methoxy groups -OCH3 is 1. The average Bonchev–Trinajstić information content (AvgIpc) is 2.35. The number of ether oxygens (including phenoxy) is 1. The van der Waals surface area contributed by atoms with Crippen LogP contribution in [0.15, 0.2) is 18.3 Å². The van der Waals surface area contributed by atoms with Gasteiger partial charge in [-0.1, -0.05) is 13.0 Å². The van der Waals surface area contributed by atoms with Crippen LogP contribution in [0.1, 0.15) is 24.6 Å². The molecule has 4 heteroatoms. The van der Waals surface area contributed by atoms with Crippen molar-refractivity contribution in [2.24, 2.45) is 5.84 Å². The fourth-order valence-electron chi connectivity index (χ4n) is 1.54. The Balaban J connectivity index is 2.49. The largest absolute Gasteiger partial charge is 0.385 e. The summed E-state index contributed by atoms with van der Waals surface area (Å²) in [6.45, 7) is 2.83. The van der Waals surface area contributed by atoms with Crippen molar-refractivity contribution in [3.05, 3.63) is 29.6 Å². The molecule has 0 spiro atoms. The highest BCUT2D eigenvalue weighted by Crippen LogP contribution is 2.05. The number of hydrazine groups is 1. The summed E-state index contributed by atoms with van der Waals surface area (Å²) < 4.78 is 5.03. The average molecular weight is 223 g/mol. The van der Waals surface area contributed by atoms with Gasteiger partial charge in [-0.15, -0.1) is 0 Å². The summed E-state index contributed by atoms with van der Waals surface area (Å²) in [4.78, 5) is 4.41. The Hall–Kier alpha value is -0.970. The Labute approximate surface area is 97.2 Å². The fraction of sp³-hybridized carbons (Fsp3) is 0.583. The fourth-order valence-corrected chi connectivity index (χ4v) is 1.54. The second-order valence-corrected chi connectivity index (χ2v) is 3.86. The van der Waals surface area contributed by atoms with Gasteiger partial charge in [0, 0.05) is 38.1 Å². The second kappa shape index (κ2) is 7.33. The van der Waals surface area contributed by atoms with Crippen LogP contribution in [0.4, 0.5) is 0 Å². The molecule has 90 valence electrons. The molecular weight excluding hydrogens is 202 g/mol. The van der Waals surface area contributed by atoms with Crippen molar-refractivity contribution in [3.8, 4) is 0 Å². The maximum absolute atomic E-state index is 5.48. The highest BCUT2D eigenvalue weighted by atomic mass is 16.5. The Kier molecular flexibility index (Phi) is 6.00. The number of aromatic nitrogens is 1. The zero-order valence-corrected chi connectivity index (χ0v) is 10.1. The number of aryl methyl sites for hydroxylation is 1. The van der Waals surface area contributed by atoms with E-state index in [0.29, 0.717) is 6.61 Å². The van der Waals surface area contributed by atoms with Gasteiger partial charge in [-0.2, -0.15) is 0 Å². The first-order valence-electron chi connectivity index (χ1n) is 5.69. The number of rotatable bonds is 7. The van der Waals surface area contributed by atoms with Crippen LogP contribution in [0.25, 0.3) is 0 Å². The summed E-state index contributed by atoms with van der Waals surface area (Å²) in [6, 6.07) is 4.40. The van der Waals surface area contributed by atoms with E-state index < -0.39 is 0 Å². The predicted molar refractivity (Wildman–Crippen MR) is 64.9 cm³/mol. The molecule has 0 bridgehead atoms. The summed E-state index contributed by atoms with van der Waals surface area (Å²) >= 11 is 0. The molecule has 1 atom stereocenters. The minimum atomic E-state index is 0.222. The first-order chi connectivity index (χ1) is 7.80. The van der Waals surface area contributed by atoms with Crippen molar-refractivity contribution in [2.75, 3.05) is 13.7 Å². The van der Waals surface area contributed by atoms with Gasteiger partial charge in [0.15, 0.2) is 0 Å². The Bertz CT molecular complexity index is 287. The highest BCUT2D eigenvalue weighted by molar-refractivity contribution is 5.14. The molecule has 1 heterocycles. The number of pyridine rings is 1. The molecule has 0 aromatic carbocycles. The van der Waals surface area contributed by atoms with Gasteiger partial charge in [0.1, 0.15) is 0 Å². The summed E-state index contributed by atoms with van der Waals surface area (Å²) in [5.74, 6) is 5.48. The Morgan fingerprint density at radius 3 is 2.81 bits per heavy atom. The smallest absolute Gasteiger partial charge is 0.0477 e. The van der Waals surface area contributed by atoms with Gasteiger partial charge in [-0.3, -0.25) is 16.3 Å². The second-order valence-electron chi connectivity index (χ2n) is 3.86. The van der Waals surface area contributed by atoms with Crippen LogP contribution in [-0.2, 0) is 17.6 Å². The molecule has 16 heavy (non-hydrogen) atoms. The first kappa shape index (κ1) is 13.1. The van der Waals surface area contributed by atoms with E-state index in [-0.39, 0.29) is 6.04 Å². The molecule has 1 unspecified atom stereocenters. The van der Waals surface area contributed by atoms with E-state index in [0.717, 1.165) is 25.0 Å². The molecule has 0 aliphatic heterocycles. The maximum atomic E-state index is 5.48. The molecule has 3 N–H and O–H groups in total. The Morgan fingerprint density at radius 1 is 1.50 bits per heavy atom. The van der Waals surface area contributed by atoms with Crippen LogP contribution in [0.3, 0.4) is 0 Å². The summed E-state index contributed by atoms with van der Waals surface area (Å²) in [7, 11) is 1.70. The molecule has 0 saturated heterocycles. The lowest BCUT2D eigenvalue weighted by Gasteiger charge is -2.14. The quantitative estimate of drug-likeness (QED) is 0.536. The molecule has 4 nitrogen and oxygen atoms in total. The number of hydrogen-bond donors (Lipinski definition) is 2. The van der Waals surface area contributed by atoms with Crippen molar-refractivity contribution in [2.45, 2.75) is 32.2 Å². The third-order valence-electron chi connectivity index (χ3n) is 2.66. The standard InChI is InChI=1S/C12H21N3O/c1-3-10-4-5-11(14-9-10)8-12(15-13)6-7-16-2/h4-5,9,12,15H,3,6-8,13H2,1-2H3. The SMILES string of the molecule is CCc1ccc(CC(CCOC)NN)nc1. The van der Waals surface area contributed by atoms with Gasteiger partial charge in [-0.25, -0.2) is 0 Å². The molecule has 0 saturated carbocycles. The van der Waals surface area contributed by atoms with Crippen LogP contribution in [0.2, 0.25) is 0 Å². The molecule has 1 rings (SSSR count). The van der Waals surface area contributed by atoms with Crippen molar-refractivity contribution in [1.82, 2.24) is 10.4 Å². The topological polar surface area (TPSA) is 60.2 Å². The lowest BCUT2D eigenvalue weighted by atomic mass is 10.1. The van der Waals surface area contributed by atoms with Gasteiger partial charge in [-0.05, 0) is 24.5 Å². The summed E-state index contributed by atoms with van der Waals surface area (Å²) in [5, 5.41) is 0. The Morgan fingerprint density at radius 2 is 2.31 bits per heavy atom. The molecule has 1 aromatic rings. The van der Waals surface area contributed by atoms with Crippen LogP contribution >= 0.6 is 0 Å². The van der Waals surface area contributed by atoms with Crippen molar-refractivity contribution in [1.29, 1.82) is 0 Å². The van der Waals surface area contributed by atoms with Crippen molar-refractivity contribution >= 4 is 0 Å². The summed E-state index contributed by atoms with van der Waals surface area (Å²) in [6.07, 6.45) is 4.68. The number of nitrogens with two attached hydrogens (primary N) is 1. The van der Waals surface area contributed by atoms with E-state index in [1.165, 1.54) is 5.56 Å². The van der Waals surface area contributed by atoms with Crippen LogP contribution < -0.4 is 11.3 Å². The molecule has 0 aliphatic rings. The first-order valence-corrected chi connectivity index (χ1v) is 5.69. The maximum Gasteiger partial charge on any atom is 0.0477 e. The molecule has 0 radical (unpaired) electrons. The molecule has 0 aliphatic carbocycles. The van der Waals surface area contributed by atoms with E-state index in [2.05, 4.69) is 29.5 Å². The van der Waals surface area contributed by atoms with E-state index in [1.54, 1.807) is 7.11 Å². The van der Waals surface area contributed by atoms with Crippen LogP contribution in [0, 0.1) is 0 Å². The monoisotopic (exact) mass is 223 g/mol.